The van der Waals surface area contributed by atoms with Crippen molar-refractivity contribution in [3.8, 4) is 0 Å². The summed E-state index contributed by atoms with van der Waals surface area (Å²) in [5.41, 5.74) is -1.35. The lowest BCUT2D eigenvalue weighted by Crippen LogP contribution is -2.41. The third kappa shape index (κ3) is 3.24. The molecule has 86 valence electrons. The molecule has 5 nitrogen and oxygen atoms in total. The molecule has 0 aliphatic heterocycles. The van der Waals surface area contributed by atoms with E-state index in [1.807, 2.05) is 0 Å². The summed E-state index contributed by atoms with van der Waals surface area (Å²) in [5.74, 6) is -0.439. The van der Waals surface area contributed by atoms with Crippen molar-refractivity contribution in [2.45, 2.75) is 37.7 Å². The van der Waals surface area contributed by atoms with Crippen LogP contribution in [-0.2, 0) is 13.9 Å². The Hall–Kier alpha value is -0.480. The quantitative estimate of drug-likeness (QED) is 0.569. The lowest BCUT2D eigenvalue weighted by molar-refractivity contribution is -0.133. The van der Waals surface area contributed by atoms with E-state index >= 15 is 0 Å². The van der Waals surface area contributed by atoms with Crippen LogP contribution in [0.15, 0.2) is 12.7 Å². The second kappa shape index (κ2) is 4.58. The zero-order chi connectivity index (χ0) is 11.5. The zero-order valence-corrected chi connectivity index (χ0v) is 9.28. The van der Waals surface area contributed by atoms with Crippen molar-refractivity contribution in [2.75, 3.05) is 0 Å². The summed E-state index contributed by atoms with van der Waals surface area (Å²) in [7, 11) is -4.64. The number of rotatable bonds is 4. The van der Waals surface area contributed by atoms with Gasteiger partial charge in [0.1, 0.15) is 5.60 Å². The molecule has 0 atom stereocenters. The second-order valence-corrected chi connectivity index (χ2v) is 4.87. The first-order chi connectivity index (χ1) is 6.90. The Morgan fingerprint density at radius 3 is 2.27 bits per heavy atom. The first-order valence-electron chi connectivity index (χ1n) is 4.83. The summed E-state index contributed by atoms with van der Waals surface area (Å²) in [6.07, 6.45) is 4.20. The highest BCUT2D eigenvalue weighted by molar-refractivity contribution is 7.46. The average Bonchev–Trinajstić information content (AvgIpc) is 2.15. The molecular weight excluding hydrogens is 219 g/mol. The van der Waals surface area contributed by atoms with E-state index < -0.39 is 19.2 Å². The van der Waals surface area contributed by atoms with Gasteiger partial charge in [-0.15, -0.1) is 0 Å². The van der Waals surface area contributed by atoms with Crippen LogP contribution in [0.5, 0.6) is 0 Å². The van der Waals surface area contributed by atoms with E-state index in [1.165, 1.54) is 0 Å². The van der Waals surface area contributed by atoms with Gasteiger partial charge in [0.2, 0.25) is 0 Å². The topological polar surface area (TPSA) is 83.8 Å². The lowest BCUT2D eigenvalue weighted by Gasteiger charge is -2.34. The van der Waals surface area contributed by atoms with Crippen LogP contribution < -0.4 is 0 Å². The molecule has 0 saturated heterocycles. The standard InChI is InChI=1S/C9H15O5P/c1-2-8(10)9(14-15(11,12)13)6-4-3-5-7-9/h2H,1,3-7H2,(H2,11,12,13). The smallest absolute Gasteiger partial charge is 0.303 e. The molecule has 2 N–H and O–H groups in total. The second-order valence-electron chi connectivity index (χ2n) is 3.71. The van der Waals surface area contributed by atoms with E-state index in [0.29, 0.717) is 12.8 Å². The molecule has 0 amide bonds. The molecule has 0 spiro atoms. The Morgan fingerprint density at radius 2 is 1.87 bits per heavy atom. The molecule has 0 heterocycles. The summed E-state index contributed by atoms with van der Waals surface area (Å²) in [4.78, 5) is 29.1. The van der Waals surface area contributed by atoms with Gasteiger partial charge in [0.05, 0.1) is 0 Å². The summed E-state index contributed by atoms with van der Waals surface area (Å²) in [6, 6.07) is 0. The molecule has 1 aliphatic rings. The van der Waals surface area contributed by atoms with Crippen molar-refractivity contribution in [3.05, 3.63) is 12.7 Å². The first kappa shape index (κ1) is 12.6. The molecule has 0 radical (unpaired) electrons. The van der Waals surface area contributed by atoms with Crippen LogP contribution in [0.4, 0.5) is 0 Å². The molecule has 1 saturated carbocycles. The Morgan fingerprint density at radius 1 is 1.33 bits per heavy atom. The van der Waals surface area contributed by atoms with E-state index in [9.17, 15) is 9.36 Å². The van der Waals surface area contributed by atoms with E-state index in [1.54, 1.807) is 0 Å². The fourth-order valence-electron chi connectivity index (χ4n) is 1.92. The largest absolute Gasteiger partial charge is 0.470 e. The summed E-state index contributed by atoms with van der Waals surface area (Å²) in [6.45, 7) is 3.33. The van der Waals surface area contributed by atoms with Gasteiger partial charge >= 0.3 is 7.82 Å². The van der Waals surface area contributed by atoms with Crippen molar-refractivity contribution in [1.82, 2.24) is 0 Å². The molecule has 0 bridgehead atoms. The summed E-state index contributed by atoms with van der Waals surface area (Å²) >= 11 is 0. The highest BCUT2D eigenvalue weighted by Gasteiger charge is 2.43. The van der Waals surface area contributed by atoms with Crippen molar-refractivity contribution in [3.63, 3.8) is 0 Å². The van der Waals surface area contributed by atoms with E-state index in [2.05, 4.69) is 11.1 Å². The molecule has 0 aromatic carbocycles. The van der Waals surface area contributed by atoms with Crippen molar-refractivity contribution < 1.29 is 23.7 Å². The van der Waals surface area contributed by atoms with Gasteiger partial charge in [-0.3, -0.25) is 9.32 Å². The molecule has 0 unspecified atom stereocenters. The maximum Gasteiger partial charge on any atom is 0.470 e. The number of carbonyl (C=O) groups excluding carboxylic acids is 1. The third-order valence-electron chi connectivity index (χ3n) is 2.59. The first-order valence-corrected chi connectivity index (χ1v) is 6.36. The van der Waals surface area contributed by atoms with Gasteiger partial charge in [-0.2, -0.15) is 0 Å². The van der Waals surface area contributed by atoms with Crippen LogP contribution in [0.2, 0.25) is 0 Å². The molecule has 1 aliphatic carbocycles. The van der Waals surface area contributed by atoms with Crippen molar-refractivity contribution in [2.24, 2.45) is 0 Å². The molecular formula is C9H15O5P. The number of carbonyl (C=O) groups is 1. The minimum atomic E-state index is -4.64. The highest BCUT2D eigenvalue weighted by atomic mass is 31.2. The van der Waals surface area contributed by atoms with Gasteiger partial charge in [0.15, 0.2) is 5.78 Å². The number of ketones is 1. The highest BCUT2D eigenvalue weighted by Crippen LogP contribution is 2.47. The van der Waals surface area contributed by atoms with E-state index in [-0.39, 0.29) is 0 Å². The van der Waals surface area contributed by atoms with Gasteiger partial charge in [-0.1, -0.05) is 25.8 Å². The molecule has 1 rings (SSSR count). The number of phosphoric ester groups is 1. The fourth-order valence-corrected chi connectivity index (χ4v) is 2.65. The zero-order valence-electron chi connectivity index (χ0n) is 8.39. The number of hydrogen-bond donors (Lipinski definition) is 2. The van der Waals surface area contributed by atoms with Crippen LogP contribution in [0.25, 0.3) is 0 Å². The van der Waals surface area contributed by atoms with Crippen LogP contribution in [-0.4, -0.2) is 21.2 Å². The predicted molar refractivity (Wildman–Crippen MR) is 54.1 cm³/mol. The monoisotopic (exact) mass is 234 g/mol. The van der Waals surface area contributed by atoms with Gasteiger partial charge in [0.25, 0.3) is 0 Å². The van der Waals surface area contributed by atoms with Gasteiger partial charge in [-0.05, 0) is 18.9 Å². The normalized spacial score (nSPS) is 20.9. The predicted octanol–water partition coefficient (Wildman–Crippen LogP) is 1.55. The molecule has 1 fully saturated rings. The molecule has 0 aromatic rings. The number of phosphoric acid groups is 1. The maximum absolute atomic E-state index is 11.6. The Balaban J connectivity index is 2.89. The Labute approximate surface area is 88.4 Å². The lowest BCUT2D eigenvalue weighted by atomic mass is 9.82. The van der Waals surface area contributed by atoms with Crippen LogP contribution in [0.3, 0.4) is 0 Å². The van der Waals surface area contributed by atoms with Crippen molar-refractivity contribution in [1.29, 1.82) is 0 Å². The SMILES string of the molecule is C=CC(=O)C1(OP(=O)(O)O)CCCCC1. The van der Waals surface area contributed by atoms with Crippen LogP contribution >= 0.6 is 7.82 Å². The molecule has 6 heteroatoms. The fraction of sp³-hybridized carbons (Fsp3) is 0.667. The molecule has 15 heavy (non-hydrogen) atoms. The molecule has 0 aromatic heterocycles. The summed E-state index contributed by atoms with van der Waals surface area (Å²) < 4.78 is 15.5. The van der Waals surface area contributed by atoms with Crippen LogP contribution in [0.1, 0.15) is 32.1 Å². The summed E-state index contributed by atoms with van der Waals surface area (Å²) in [5, 5.41) is 0. The Bertz CT molecular complexity index is 300. The minimum absolute atomic E-state index is 0.350. The van der Waals surface area contributed by atoms with Gasteiger partial charge in [0, 0.05) is 0 Å². The van der Waals surface area contributed by atoms with E-state index in [4.69, 9.17) is 9.79 Å². The number of hydrogen-bond acceptors (Lipinski definition) is 3. The van der Waals surface area contributed by atoms with E-state index in [0.717, 1.165) is 25.3 Å². The maximum atomic E-state index is 11.6. The average molecular weight is 234 g/mol. The van der Waals surface area contributed by atoms with Crippen molar-refractivity contribution >= 4 is 13.6 Å². The van der Waals surface area contributed by atoms with Crippen LogP contribution in [0, 0.1) is 0 Å². The van der Waals surface area contributed by atoms with Gasteiger partial charge in [-0.25, -0.2) is 4.57 Å². The minimum Gasteiger partial charge on any atom is -0.303 e. The van der Waals surface area contributed by atoms with Gasteiger partial charge < -0.3 is 9.79 Å². The third-order valence-corrected chi connectivity index (χ3v) is 3.18. The Kier molecular flexibility index (Phi) is 3.84.